The van der Waals surface area contributed by atoms with Crippen molar-refractivity contribution < 1.29 is 124 Å². The lowest BCUT2D eigenvalue weighted by molar-refractivity contribution is -0.383. The molecule has 26 nitrogen and oxygen atoms in total. The van der Waals surface area contributed by atoms with Gasteiger partial charge in [-0.1, -0.05) is 0 Å². The number of ether oxygens (including phenoxy) is 9. The minimum Gasteiger partial charge on any atom is -0.394 e. The molecule has 1 amide bonds. The van der Waals surface area contributed by atoms with Gasteiger partial charge in [0.1, 0.15) is 116 Å². The van der Waals surface area contributed by atoms with Crippen molar-refractivity contribution in [2.24, 2.45) is 0 Å². The van der Waals surface area contributed by atoms with Crippen LogP contribution in [0.2, 0.25) is 0 Å². The molecule has 5 aliphatic rings. The van der Waals surface area contributed by atoms with Crippen molar-refractivity contribution in [3.8, 4) is 0 Å². The molecule has 0 spiro atoms. The predicted molar refractivity (Wildman–Crippen MR) is 177 cm³/mol. The molecule has 58 heavy (non-hydrogen) atoms. The molecule has 0 bridgehead atoms. The summed E-state index contributed by atoms with van der Waals surface area (Å²) in [5.41, 5.74) is 0. The Morgan fingerprint density at radius 2 is 0.879 bits per heavy atom. The van der Waals surface area contributed by atoms with Crippen LogP contribution in [0.5, 0.6) is 0 Å². The summed E-state index contributed by atoms with van der Waals surface area (Å²) in [6.45, 7) is -1.12. The summed E-state index contributed by atoms with van der Waals surface area (Å²) >= 11 is 0. The molecule has 0 aromatic heterocycles. The van der Waals surface area contributed by atoms with Gasteiger partial charge in [-0.2, -0.15) is 0 Å². The first-order valence-corrected chi connectivity index (χ1v) is 18.5. The van der Waals surface area contributed by atoms with E-state index >= 15 is 0 Å². The highest BCUT2D eigenvalue weighted by atomic mass is 16.8. The minimum absolute atomic E-state index is 0.782. The third-order valence-corrected chi connectivity index (χ3v) is 10.7. The highest BCUT2D eigenvalue weighted by Crippen LogP contribution is 2.35. The van der Waals surface area contributed by atoms with Crippen LogP contribution in [0, 0.1) is 0 Å². The van der Waals surface area contributed by atoms with E-state index in [4.69, 9.17) is 42.6 Å². The third kappa shape index (κ3) is 9.75. The Kier molecular flexibility index (Phi) is 16.5. The number of carbonyl (C=O) groups is 1. The number of aliphatic hydroxyl groups is 15. The second-order valence-electron chi connectivity index (χ2n) is 14.7. The molecular weight excluding hydrogens is 798 g/mol. The van der Waals surface area contributed by atoms with Crippen molar-refractivity contribution in [3.63, 3.8) is 0 Å². The largest absolute Gasteiger partial charge is 0.394 e. The number of carbonyl (C=O) groups excluding carboxylic acids is 1. The molecule has 0 aliphatic carbocycles. The molecular formula is C32H55NO25. The topological polar surface area (TPSA) is 416 Å². The maximum atomic E-state index is 12.5. The van der Waals surface area contributed by atoms with Gasteiger partial charge in [0.25, 0.3) is 0 Å². The van der Waals surface area contributed by atoms with Gasteiger partial charge < -0.3 is 125 Å². The van der Waals surface area contributed by atoms with E-state index < -0.39 is 186 Å². The molecule has 1 unspecified atom stereocenters. The third-order valence-electron chi connectivity index (χ3n) is 10.7. The van der Waals surface area contributed by atoms with Gasteiger partial charge in [0.05, 0.1) is 32.5 Å². The van der Waals surface area contributed by atoms with Crippen molar-refractivity contribution in [1.29, 1.82) is 0 Å². The second-order valence-corrected chi connectivity index (χ2v) is 14.7. The van der Waals surface area contributed by atoms with E-state index in [1.54, 1.807) is 0 Å². The van der Waals surface area contributed by atoms with Crippen LogP contribution < -0.4 is 5.32 Å². The van der Waals surface area contributed by atoms with Crippen LogP contribution in [0.3, 0.4) is 0 Å². The molecule has 338 valence electrons. The van der Waals surface area contributed by atoms with Gasteiger partial charge in [-0.25, -0.2) is 0 Å². The molecule has 0 saturated carbocycles. The standard InChI is InChI=1S/C32H55NO25/c1-7-24(55-31-21(46)17(42)14(39)9(3-34)53-31)19(44)22(47)30(50-7)57-26-13(33-8(2)38)29(52-10(4-35)15(26)40)58-27-16(41)11(5-36)54-32(23(27)48)56-25-12(6-37)51-28(49)20(45)18(25)43/h7,9-32,34-37,39-49H,3-6H2,1-2H3,(H,33,38)/t7-,9+,10+,11+,12+,13+,14-,15+,16-,17-,18+,19-,20+,21+,22-,23+,24+,25+,26+,27-,28?,29-,30+,31-,32-/m0/s1. The van der Waals surface area contributed by atoms with Crippen molar-refractivity contribution in [1.82, 2.24) is 5.32 Å². The average molecular weight is 854 g/mol. The van der Waals surface area contributed by atoms with E-state index in [1.807, 2.05) is 0 Å². The molecule has 0 radical (unpaired) electrons. The van der Waals surface area contributed by atoms with E-state index in [9.17, 15) is 81.4 Å². The number of amides is 1. The van der Waals surface area contributed by atoms with E-state index in [0.29, 0.717) is 0 Å². The molecule has 26 heteroatoms. The number of rotatable bonds is 13. The SMILES string of the molecule is CC(=O)N[C@H]1[C@H](O[C@H]2[C@@H](O)[C@@H](CO)O[C@@H](O[C@H]3[C@H](O)[C@@H](O)C(O)O[C@@H]3CO)[C@@H]2O)O[C@H](CO)[C@@H](O)[C@@H]1O[C@H]1O[C@@H](C)[C@@H](O[C@@H]2O[C@H](CO)[C@H](O)[C@H](O)[C@H]2O)[C@@H](O)[C@@H]1O. The summed E-state index contributed by atoms with van der Waals surface area (Å²) in [5, 5.41) is 159. The zero-order valence-electron chi connectivity index (χ0n) is 31.1. The summed E-state index contributed by atoms with van der Waals surface area (Å²) in [7, 11) is 0. The molecule has 5 heterocycles. The van der Waals surface area contributed by atoms with Crippen molar-refractivity contribution in [3.05, 3.63) is 0 Å². The number of hydrogen-bond donors (Lipinski definition) is 16. The van der Waals surface area contributed by atoms with Gasteiger partial charge in [-0.05, 0) is 6.92 Å². The zero-order chi connectivity index (χ0) is 42.9. The maximum Gasteiger partial charge on any atom is 0.217 e. The summed E-state index contributed by atoms with van der Waals surface area (Å²) < 4.78 is 50.5. The molecule has 5 saturated heterocycles. The summed E-state index contributed by atoms with van der Waals surface area (Å²) in [6.07, 6.45) is -42.5. The Hall–Kier alpha value is -1.49. The molecule has 5 fully saturated rings. The summed E-state index contributed by atoms with van der Waals surface area (Å²) in [4.78, 5) is 12.5. The second kappa shape index (κ2) is 20.1. The van der Waals surface area contributed by atoms with Gasteiger partial charge in [0.15, 0.2) is 31.5 Å². The van der Waals surface area contributed by atoms with E-state index in [2.05, 4.69) is 5.32 Å². The van der Waals surface area contributed by atoms with Crippen LogP contribution in [0.1, 0.15) is 13.8 Å². The van der Waals surface area contributed by atoms with Crippen LogP contribution in [-0.4, -0.2) is 262 Å². The maximum absolute atomic E-state index is 12.5. The summed E-state index contributed by atoms with van der Waals surface area (Å²) in [5.74, 6) is -0.790. The Morgan fingerprint density at radius 3 is 1.45 bits per heavy atom. The Labute approximate surface area is 329 Å². The number of nitrogens with one attached hydrogen (secondary N) is 1. The monoisotopic (exact) mass is 853 g/mol. The molecule has 0 aromatic carbocycles. The Morgan fingerprint density at radius 1 is 0.448 bits per heavy atom. The summed E-state index contributed by atoms with van der Waals surface area (Å²) in [6, 6.07) is -1.65. The lowest BCUT2D eigenvalue weighted by Gasteiger charge is -2.50. The lowest BCUT2D eigenvalue weighted by atomic mass is 9.94. The normalized spacial score (nSPS) is 51.6. The first kappa shape index (κ1) is 47.6. The van der Waals surface area contributed by atoms with Crippen molar-refractivity contribution in [2.75, 3.05) is 26.4 Å². The van der Waals surface area contributed by atoms with Crippen LogP contribution >= 0.6 is 0 Å². The molecule has 5 rings (SSSR count). The zero-order valence-corrected chi connectivity index (χ0v) is 31.1. The fourth-order valence-corrected chi connectivity index (χ4v) is 7.40. The predicted octanol–water partition coefficient (Wildman–Crippen LogP) is -10.8. The Balaban J connectivity index is 1.35. The smallest absolute Gasteiger partial charge is 0.217 e. The molecule has 16 N–H and O–H groups in total. The highest BCUT2D eigenvalue weighted by molar-refractivity contribution is 5.73. The van der Waals surface area contributed by atoms with E-state index in [0.717, 1.165) is 6.92 Å². The van der Waals surface area contributed by atoms with E-state index in [-0.39, 0.29) is 0 Å². The highest BCUT2D eigenvalue weighted by Gasteiger charge is 2.56. The van der Waals surface area contributed by atoms with Crippen LogP contribution in [0.4, 0.5) is 0 Å². The van der Waals surface area contributed by atoms with Crippen molar-refractivity contribution >= 4 is 5.91 Å². The molecule has 5 aliphatic heterocycles. The number of hydrogen-bond acceptors (Lipinski definition) is 25. The average Bonchev–Trinajstić information content (AvgIpc) is 3.19. The van der Waals surface area contributed by atoms with Gasteiger partial charge >= 0.3 is 0 Å². The fourth-order valence-electron chi connectivity index (χ4n) is 7.40. The quantitative estimate of drug-likeness (QED) is 0.0818. The Bertz CT molecular complexity index is 1300. The van der Waals surface area contributed by atoms with Gasteiger partial charge in [0, 0.05) is 6.92 Å². The first-order chi connectivity index (χ1) is 27.4. The molecule has 25 atom stereocenters. The molecule has 0 aromatic rings. The van der Waals surface area contributed by atoms with Crippen LogP contribution in [-0.2, 0) is 47.4 Å². The van der Waals surface area contributed by atoms with Crippen molar-refractivity contribution in [2.45, 2.75) is 167 Å². The lowest BCUT2D eigenvalue weighted by Crippen LogP contribution is -2.70. The van der Waals surface area contributed by atoms with Crippen LogP contribution in [0.25, 0.3) is 0 Å². The minimum atomic E-state index is -2.08. The van der Waals surface area contributed by atoms with Crippen LogP contribution in [0.15, 0.2) is 0 Å². The van der Waals surface area contributed by atoms with E-state index in [1.165, 1.54) is 6.92 Å². The number of aliphatic hydroxyl groups excluding tert-OH is 15. The van der Waals surface area contributed by atoms with Gasteiger partial charge in [0.2, 0.25) is 5.91 Å². The van der Waals surface area contributed by atoms with Gasteiger partial charge in [-0.15, -0.1) is 0 Å². The first-order valence-electron chi connectivity index (χ1n) is 18.5. The van der Waals surface area contributed by atoms with Gasteiger partial charge in [-0.3, -0.25) is 4.79 Å². The fraction of sp³-hybridized carbons (Fsp3) is 0.969.